The quantitative estimate of drug-likeness (QED) is 0.528. The minimum absolute atomic E-state index is 0.312. The van der Waals surface area contributed by atoms with E-state index >= 15 is 0 Å². The summed E-state index contributed by atoms with van der Waals surface area (Å²) in [6, 6.07) is 16.0. The van der Waals surface area contributed by atoms with Crippen molar-refractivity contribution in [3.8, 4) is 0 Å². The average Bonchev–Trinajstić information content (AvgIpc) is 3.21. The molecule has 6 nitrogen and oxygen atoms in total. The van der Waals surface area contributed by atoms with Gasteiger partial charge in [0.25, 0.3) is 0 Å². The Morgan fingerprint density at radius 3 is 1.56 bits per heavy atom. The van der Waals surface area contributed by atoms with Crippen molar-refractivity contribution in [3.05, 3.63) is 82.9 Å². The van der Waals surface area contributed by atoms with Gasteiger partial charge in [-0.3, -0.25) is 9.59 Å². The molecule has 2 aromatic rings. The van der Waals surface area contributed by atoms with Crippen molar-refractivity contribution in [2.45, 2.75) is 50.4 Å². The third-order valence-electron chi connectivity index (χ3n) is 6.07. The molecule has 0 amide bonds. The van der Waals surface area contributed by atoms with Crippen molar-refractivity contribution in [2.24, 2.45) is 0 Å². The second-order valence-electron chi connectivity index (χ2n) is 8.10. The largest absolute Gasteiger partial charge is 0.392 e. The first kappa shape index (κ1) is 21.7. The molecule has 0 aromatic heterocycles. The van der Waals surface area contributed by atoms with Gasteiger partial charge in [0, 0.05) is 12.2 Å². The molecule has 0 saturated heterocycles. The molecule has 2 aliphatic carbocycles. The molecule has 0 fully saturated rings. The van der Waals surface area contributed by atoms with Crippen molar-refractivity contribution >= 4 is 23.9 Å². The number of carbonyl (C=O) groups excluding carboxylic acids is 4. The molecule has 1 aliphatic heterocycles. The SMILES string of the molecule is O=C(OC(=O)C1CCCc2ccccc21)C1CCCc2ccccc21.O=C1C=CC(=O)O1. The highest BCUT2D eigenvalue weighted by Gasteiger charge is 2.33. The topological polar surface area (TPSA) is 86.7 Å². The number of carbonyl (C=O) groups is 4. The molecular weight excluding hydrogens is 408 g/mol. The summed E-state index contributed by atoms with van der Waals surface area (Å²) in [6.45, 7) is 0. The lowest BCUT2D eigenvalue weighted by Crippen LogP contribution is -2.27. The molecule has 2 atom stereocenters. The first-order chi connectivity index (χ1) is 15.5. The highest BCUT2D eigenvalue weighted by Crippen LogP contribution is 2.35. The van der Waals surface area contributed by atoms with Crippen LogP contribution < -0.4 is 0 Å². The Bertz CT molecular complexity index is 1000. The Morgan fingerprint density at radius 2 is 1.16 bits per heavy atom. The molecular formula is C26H24O6. The van der Waals surface area contributed by atoms with Gasteiger partial charge >= 0.3 is 23.9 Å². The molecule has 2 aromatic carbocycles. The highest BCUT2D eigenvalue weighted by atomic mass is 16.6. The van der Waals surface area contributed by atoms with Crippen molar-refractivity contribution in [3.63, 3.8) is 0 Å². The van der Waals surface area contributed by atoms with Gasteiger partial charge in [0.15, 0.2) is 0 Å². The van der Waals surface area contributed by atoms with Crippen LogP contribution in [0.4, 0.5) is 0 Å². The summed E-state index contributed by atoms with van der Waals surface area (Å²) in [4.78, 5) is 45.2. The van der Waals surface area contributed by atoms with Crippen molar-refractivity contribution < 1.29 is 28.7 Å². The van der Waals surface area contributed by atoms with Crippen LogP contribution in [-0.4, -0.2) is 23.9 Å². The zero-order valence-corrected chi connectivity index (χ0v) is 17.6. The predicted molar refractivity (Wildman–Crippen MR) is 116 cm³/mol. The van der Waals surface area contributed by atoms with Crippen LogP contribution in [0, 0.1) is 0 Å². The molecule has 0 radical (unpaired) electrons. The highest BCUT2D eigenvalue weighted by molar-refractivity contribution is 6.04. The lowest BCUT2D eigenvalue weighted by molar-refractivity contribution is -0.162. The maximum absolute atomic E-state index is 12.7. The van der Waals surface area contributed by atoms with E-state index in [4.69, 9.17) is 4.74 Å². The second-order valence-corrected chi connectivity index (χ2v) is 8.10. The number of rotatable bonds is 2. The fourth-order valence-corrected chi connectivity index (χ4v) is 4.54. The minimum atomic E-state index is -0.579. The lowest BCUT2D eigenvalue weighted by atomic mass is 9.82. The van der Waals surface area contributed by atoms with Gasteiger partial charge in [-0.25, -0.2) is 9.59 Å². The summed E-state index contributed by atoms with van der Waals surface area (Å²) in [5, 5.41) is 0. The van der Waals surface area contributed by atoms with Gasteiger partial charge in [-0.2, -0.15) is 0 Å². The van der Waals surface area contributed by atoms with Gasteiger partial charge in [0.05, 0.1) is 11.8 Å². The van der Waals surface area contributed by atoms with E-state index in [1.807, 2.05) is 36.4 Å². The zero-order chi connectivity index (χ0) is 22.5. The van der Waals surface area contributed by atoms with Crippen molar-refractivity contribution in [1.82, 2.24) is 0 Å². The number of fused-ring (bicyclic) bond motifs is 2. The third kappa shape index (κ3) is 4.85. The number of esters is 4. The molecule has 5 rings (SSSR count). The normalized spacial score (nSPS) is 20.9. The van der Waals surface area contributed by atoms with Crippen LogP contribution >= 0.6 is 0 Å². The number of ether oxygens (including phenoxy) is 2. The molecule has 0 bridgehead atoms. The van der Waals surface area contributed by atoms with Crippen molar-refractivity contribution in [2.75, 3.05) is 0 Å². The summed E-state index contributed by atoms with van der Waals surface area (Å²) in [5.74, 6) is -2.56. The van der Waals surface area contributed by atoms with Gasteiger partial charge in [0.2, 0.25) is 0 Å². The summed E-state index contributed by atoms with van der Waals surface area (Å²) in [5.41, 5.74) is 4.45. The number of benzene rings is 2. The van der Waals surface area contributed by atoms with E-state index in [1.165, 1.54) is 11.1 Å². The molecule has 1 heterocycles. The molecule has 164 valence electrons. The molecule has 0 N–H and O–H groups in total. The molecule has 0 spiro atoms. The summed E-state index contributed by atoms with van der Waals surface area (Å²) in [6.07, 6.45) is 7.57. The van der Waals surface area contributed by atoms with Crippen LogP contribution in [-0.2, 0) is 41.5 Å². The Labute approximate surface area is 186 Å². The number of aryl methyl sites for hydroxylation is 2. The van der Waals surface area contributed by atoms with Crippen molar-refractivity contribution in [1.29, 1.82) is 0 Å². The molecule has 32 heavy (non-hydrogen) atoms. The van der Waals surface area contributed by atoms with E-state index in [9.17, 15) is 19.2 Å². The summed E-state index contributed by atoms with van der Waals surface area (Å²) in [7, 11) is 0. The zero-order valence-electron chi connectivity index (χ0n) is 17.6. The van der Waals surface area contributed by atoms with Gasteiger partial charge < -0.3 is 9.47 Å². The number of cyclic esters (lactones) is 2. The number of hydrogen-bond donors (Lipinski definition) is 0. The van der Waals surface area contributed by atoms with Gasteiger partial charge in [0.1, 0.15) is 0 Å². The van der Waals surface area contributed by atoms with E-state index in [0.29, 0.717) is 0 Å². The number of hydrogen-bond acceptors (Lipinski definition) is 6. The smallest absolute Gasteiger partial charge is 0.338 e. The van der Waals surface area contributed by atoms with Crippen LogP contribution in [0.3, 0.4) is 0 Å². The molecule has 0 saturated carbocycles. The van der Waals surface area contributed by atoms with Gasteiger partial charge in [-0.05, 0) is 60.8 Å². The maximum atomic E-state index is 12.7. The minimum Gasteiger partial charge on any atom is -0.392 e. The molecule has 3 aliphatic rings. The maximum Gasteiger partial charge on any atom is 0.338 e. The van der Waals surface area contributed by atoms with E-state index in [-0.39, 0.29) is 23.8 Å². The van der Waals surface area contributed by atoms with Gasteiger partial charge in [-0.1, -0.05) is 48.5 Å². The molecule has 2 unspecified atom stereocenters. The summed E-state index contributed by atoms with van der Waals surface area (Å²) < 4.78 is 9.34. The predicted octanol–water partition coefficient (Wildman–Crippen LogP) is 3.92. The monoisotopic (exact) mass is 432 g/mol. The standard InChI is InChI=1S/C22H22O3.C4H2O3/c23-21(19-13-5-9-15-7-1-3-11-17(15)19)25-22(24)20-14-6-10-16-8-2-4-12-18(16)20;5-3-1-2-4(6)7-3/h1-4,7-8,11-12,19-20H,5-6,9-10,13-14H2;1-2H. The van der Waals surface area contributed by atoms with E-state index < -0.39 is 11.9 Å². The lowest BCUT2D eigenvalue weighted by Gasteiger charge is -2.26. The van der Waals surface area contributed by atoms with Crippen LogP contribution in [0.15, 0.2) is 60.7 Å². The van der Waals surface area contributed by atoms with Crippen LogP contribution in [0.1, 0.15) is 59.8 Å². The van der Waals surface area contributed by atoms with E-state index in [2.05, 4.69) is 16.9 Å². The van der Waals surface area contributed by atoms with E-state index in [1.54, 1.807) is 0 Å². The fraction of sp³-hybridized carbons (Fsp3) is 0.308. The fourth-order valence-electron chi connectivity index (χ4n) is 4.54. The van der Waals surface area contributed by atoms with E-state index in [0.717, 1.165) is 61.8 Å². The Balaban J connectivity index is 0.000000300. The van der Waals surface area contributed by atoms with Crippen LogP contribution in [0.2, 0.25) is 0 Å². The average molecular weight is 432 g/mol. The Morgan fingerprint density at radius 1 is 0.719 bits per heavy atom. The first-order valence-corrected chi connectivity index (χ1v) is 10.9. The third-order valence-corrected chi connectivity index (χ3v) is 6.07. The van der Waals surface area contributed by atoms with Gasteiger partial charge in [-0.15, -0.1) is 0 Å². The molecule has 6 heteroatoms. The first-order valence-electron chi connectivity index (χ1n) is 10.9. The Kier molecular flexibility index (Phi) is 6.59. The Hall–Kier alpha value is -3.54. The second kappa shape index (κ2) is 9.73. The van der Waals surface area contributed by atoms with Crippen LogP contribution in [0.5, 0.6) is 0 Å². The van der Waals surface area contributed by atoms with Crippen LogP contribution in [0.25, 0.3) is 0 Å². The summed E-state index contributed by atoms with van der Waals surface area (Å²) >= 11 is 0.